The average molecular weight is 521 g/mol. The number of aryl methyl sites for hydroxylation is 2. The number of fused-ring (bicyclic) bond motifs is 1. The molecular formula is C29H40N6O3. The summed E-state index contributed by atoms with van der Waals surface area (Å²) in [6.07, 6.45) is 3.57. The number of carbonyl (C=O) groups is 3. The van der Waals surface area contributed by atoms with Crippen LogP contribution < -0.4 is 4.90 Å². The van der Waals surface area contributed by atoms with E-state index in [9.17, 15) is 14.4 Å². The molecule has 9 nitrogen and oxygen atoms in total. The van der Waals surface area contributed by atoms with E-state index in [1.165, 1.54) is 0 Å². The molecule has 1 atom stereocenters. The molecule has 1 aromatic heterocycles. The summed E-state index contributed by atoms with van der Waals surface area (Å²) in [5.41, 5.74) is 3.55. The van der Waals surface area contributed by atoms with E-state index in [1.54, 1.807) is 13.8 Å². The van der Waals surface area contributed by atoms with Crippen LogP contribution in [0, 0.1) is 6.92 Å². The highest BCUT2D eigenvalue weighted by molar-refractivity contribution is 5.92. The van der Waals surface area contributed by atoms with Crippen molar-refractivity contribution in [2.75, 3.05) is 44.7 Å². The van der Waals surface area contributed by atoms with Gasteiger partial charge in [-0.1, -0.05) is 18.2 Å². The Balaban J connectivity index is 1.51. The van der Waals surface area contributed by atoms with Crippen LogP contribution in [-0.4, -0.2) is 82.2 Å². The Morgan fingerprint density at radius 3 is 2.50 bits per heavy atom. The van der Waals surface area contributed by atoms with Gasteiger partial charge in [0, 0.05) is 64.4 Å². The van der Waals surface area contributed by atoms with Gasteiger partial charge in [-0.25, -0.2) is 9.97 Å². The van der Waals surface area contributed by atoms with Crippen molar-refractivity contribution in [2.45, 2.75) is 65.5 Å². The first-order valence-corrected chi connectivity index (χ1v) is 13.7. The second kappa shape index (κ2) is 12.5. The number of amides is 3. The van der Waals surface area contributed by atoms with Crippen molar-refractivity contribution in [1.29, 1.82) is 0 Å². The number of likely N-dealkylation sites (tertiary alicyclic amines) is 1. The van der Waals surface area contributed by atoms with Crippen LogP contribution in [0.1, 0.15) is 68.3 Å². The lowest BCUT2D eigenvalue weighted by Gasteiger charge is -2.27. The number of benzene rings is 1. The first kappa shape index (κ1) is 27.7. The lowest BCUT2D eigenvalue weighted by Crippen LogP contribution is -2.37. The second-order valence-corrected chi connectivity index (χ2v) is 10.5. The summed E-state index contributed by atoms with van der Waals surface area (Å²) in [5.74, 6) is 0.799. The fourth-order valence-electron chi connectivity index (χ4n) is 5.55. The van der Waals surface area contributed by atoms with Gasteiger partial charge >= 0.3 is 0 Å². The molecule has 2 aliphatic rings. The van der Waals surface area contributed by atoms with Gasteiger partial charge in [-0.05, 0) is 63.9 Å². The fraction of sp³-hybridized carbons (Fsp3) is 0.552. The number of aromatic nitrogens is 2. The molecule has 0 saturated carbocycles. The van der Waals surface area contributed by atoms with E-state index in [4.69, 9.17) is 0 Å². The molecule has 1 saturated heterocycles. The zero-order chi connectivity index (χ0) is 27.2. The molecule has 0 N–H and O–H groups in total. The van der Waals surface area contributed by atoms with Gasteiger partial charge in [0.15, 0.2) is 0 Å². The Labute approximate surface area is 225 Å². The Kier molecular flexibility index (Phi) is 9.09. The number of hydrogen-bond donors (Lipinski definition) is 0. The maximum absolute atomic E-state index is 13.6. The van der Waals surface area contributed by atoms with Crippen LogP contribution in [0.2, 0.25) is 0 Å². The van der Waals surface area contributed by atoms with Gasteiger partial charge < -0.3 is 19.6 Å². The minimum atomic E-state index is -0.0223. The Hall–Kier alpha value is -3.33. The summed E-state index contributed by atoms with van der Waals surface area (Å²) < 4.78 is 0. The number of nitrogens with zero attached hydrogens (tertiary/aromatic N) is 6. The quantitative estimate of drug-likeness (QED) is 0.616. The zero-order valence-corrected chi connectivity index (χ0v) is 23.2. The van der Waals surface area contributed by atoms with E-state index in [2.05, 4.69) is 21.9 Å². The number of likely N-dealkylation sites (N-methyl/N-ethyl adjacent to an activating group) is 1. The smallest absolute Gasteiger partial charge is 0.223 e. The molecule has 3 heterocycles. The minimum absolute atomic E-state index is 0.0118. The Bertz CT molecular complexity index is 1170. The average Bonchev–Trinajstić information content (AvgIpc) is 3.37. The fourth-order valence-corrected chi connectivity index (χ4v) is 5.55. The molecule has 1 aromatic carbocycles. The summed E-state index contributed by atoms with van der Waals surface area (Å²) in [4.78, 5) is 55.2. The SMILES string of the molecule is CC(=O)N1CCCN(C)CCN(C(=O)CCc2cc(C3CCCN3C(C)=O)nc(C)n2)Cc2ccccc21. The molecule has 1 fully saturated rings. The predicted molar refractivity (Wildman–Crippen MR) is 146 cm³/mol. The van der Waals surface area contributed by atoms with Crippen LogP contribution in [0.25, 0.3) is 0 Å². The van der Waals surface area contributed by atoms with Gasteiger partial charge in [0.1, 0.15) is 5.82 Å². The van der Waals surface area contributed by atoms with Crippen LogP contribution in [0.3, 0.4) is 0 Å². The van der Waals surface area contributed by atoms with Gasteiger partial charge in [0.05, 0.1) is 11.7 Å². The summed E-state index contributed by atoms with van der Waals surface area (Å²) in [6.45, 7) is 9.18. The molecule has 0 spiro atoms. The third kappa shape index (κ3) is 6.75. The van der Waals surface area contributed by atoms with Gasteiger partial charge in [-0.15, -0.1) is 0 Å². The van der Waals surface area contributed by atoms with Crippen LogP contribution in [0.4, 0.5) is 5.69 Å². The summed E-state index contributed by atoms with van der Waals surface area (Å²) in [6, 6.07) is 9.83. The largest absolute Gasteiger partial charge is 0.337 e. The second-order valence-electron chi connectivity index (χ2n) is 10.5. The van der Waals surface area contributed by atoms with E-state index in [0.29, 0.717) is 38.3 Å². The molecular weight excluding hydrogens is 480 g/mol. The number of carbonyl (C=O) groups excluding carboxylic acids is 3. The molecule has 2 aromatic rings. The lowest BCUT2D eigenvalue weighted by molar-refractivity contribution is -0.132. The predicted octanol–water partition coefficient (Wildman–Crippen LogP) is 3.12. The molecule has 4 rings (SSSR count). The lowest BCUT2D eigenvalue weighted by atomic mass is 10.1. The van der Waals surface area contributed by atoms with Crippen molar-refractivity contribution in [1.82, 2.24) is 24.7 Å². The molecule has 0 bridgehead atoms. The third-order valence-corrected chi connectivity index (χ3v) is 7.55. The van der Waals surface area contributed by atoms with Crippen molar-refractivity contribution in [3.63, 3.8) is 0 Å². The monoisotopic (exact) mass is 520 g/mol. The Morgan fingerprint density at radius 2 is 1.74 bits per heavy atom. The van der Waals surface area contributed by atoms with Crippen molar-refractivity contribution < 1.29 is 14.4 Å². The molecule has 9 heteroatoms. The van der Waals surface area contributed by atoms with E-state index in [0.717, 1.165) is 61.5 Å². The van der Waals surface area contributed by atoms with Crippen LogP contribution in [0.5, 0.6) is 0 Å². The van der Waals surface area contributed by atoms with Crippen molar-refractivity contribution in [3.05, 3.63) is 53.1 Å². The van der Waals surface area contributed by atoms with Gasteiger partial charge in [-0.2, -0.15) is 0 Å². The summed E-state index contributed by atoms with van der Waals surface area (Å²) >= 11 is 0. The highest BCUT2D eigenvalue weighted by Crippen LogP contribution is 2.31. The summed E-state index contributed by atoms with van der Waals surface area (Å²) in [7, 11) is 2.06. The maximum Gasteiger partial charge on any atom is 0.223 e. The molecule has 204 valence electrons. The van der Waals surface area contributed by atoms with E-state index < -0.39 is 0 Å². The van der Waals surface area contributed by atoms with Crippen molar-refractivity contribution in [2.24, 2.45) is 0 Å². The van der Waals surface area contributed by atoms with E-state index in [-0.39, 0.29) is 23.8 Å². The number of hydrogen-bond acceptors (Lipinski definition) is 6. The number of para-hydroxylation sites is 1. The van der Waals surface area contributed by atoms with Gasteiger partial charge in [0.2, 0.25) is 17.7 Å². The molecule has 38 heavy (non-hydrogen) atoms. The normalized spacial score (nSPS) is 19.2. The third-order valence-electron chi connectivity index (χ3n) is 7.55. The topological polar surface area (TPSA) is 90.0 Å². The Morgan fingerprint density at radius 1 is 0.947 bits per heavy atom. The molecule has 0 aliphatic carbocycles. The number of anilines is 1. The molecule has 2 aliphatic heterocycles. The first-order chi connectivity index (χ1) is 18.2. The van der Waals surface area contributed by atoms with E-state index in [1.807, 2.05) is 52.0 Å². The first-order valence-electron chi connectivity index (χ1n) is 13.7. The van der Waals surface area contributed by atoms with Crippen molar-refractivity contribution in [3.8, 4) is 0 Å². The summed E-state index contributed by atoms with van der Waals surface area (Å²) in [5, 5.41) is 0. The van der Waals surface area contributed by atoms with Gasteiger partial charge in [-0.3, -0.25) is 14.4 Å². The van der Waals surface area contributed by atoms with Crippen LogP contribution in [-0.2, 0) is 27.3 Å². The highest BCUT2D eigenvalue weighted by atomic mass is 16.2. The molecule has 0 radical (unpaired) electrons. The maximum atomic E-state index is 13.6. The zero-order valence-electron chi connectivity index (χ0n) is 23.2. The molecule has 3 amide bonds. The highest BCUT2D eigenvalue weighted by Gasteiger charge is 2.29. The minimum Gasteiger partial charge on any atom is -0.337 e. The van der Waals surface area contributed by atoms with Crippen molar-refractivity contribution >= 4 is 23.4 Å². The number of rotatable bonds is 4. The van der Waals surface area contributed by atoms with Crippen LogP contribution in [0.15, 0.2) is 30.3 Å². The van der Waals surface area contributed by atoms with Crippen LogP contribution >= 0.6 is 0 Å². The van der Waals surface area contributed by atoms with E-state index >= 15 is 0 Å². The van der Waals surface area contributed by atoms with Gasteiger partial charge in [0.25, 0.3) is 0 Å². The standard InChI is InChI=1S/C29H40N6O3/c1-21-30-25(19-26(31-21)28-11-7-15-35(28)23(3)37)12-13-29(38)33-18-17-32(4)14-8-16-34(22(2)36)27-10-6-5-9-24(27)20-33/h5-6,9-10,19,28H,7-8,11-18,20H2,1-4H3. The molecule has 1 unspecified atom stereocenters.